The topological polar surface area (TPSA) is 83.0 Å². The minimum absolute atomic E-state index is 0.00104. The van der Waals surface area contributed by atoms with E-state index in [0.717, 1.165) is 6.42 Å². The van der Waals surface area contributed by atoms with Crippen LogP contribution in [0.5, 0.6) is 5.75 Å². The molecule has 2 bridgehead atoms. The zero-order valence-corrected chi connectivity index (χ0v) is 17.9. The van der Waals surface area contributed by atoms with Crippen molar-refractivity contribution in [1.29, 1.82) is 0 Å². The molecule has 0 radical (unpaired) electrons. The summed E-state index contributed by atoms with van der Waals surface area (Å²) in [4.78, 5) is 31.0. The van der Waals surface area contributed by atoms with Gasteiger partial charge in [-0.05, 0) is 55.9 Å². The SMILES string of the molecule is CN=C(NCCCN1C(=O)C2C3C=CC(C3)C2C1=O)NCC(C)Oc1ccc(F)cc1. The lowest BCUT2D eigenvalue weighted by Crippen LogP contribution is -2.43. The fourth-order valence-corrected chi connectivity index (χ4v) is 4.88. The summed E-state index contributed by atoms with van der Waals surface area (Å²) in [6.45, 7) is 3.44. The summed E-state index contributed by atoms with van der Waals surface area (Å²) in [7, 11) is 1.68. The summed E-state index contributed by atoms with van der Waals surface area (Å²) < 4.78 is 18.7. The van der Waals surface area contributed by atoms with Crippen molar-refractivity contribution >= 4 is 17.8 Å². The fraction of sp³-hybridized carbons (Fsp3) is 0.522. The fourth-order valence-electron chi connectivity index (χ4n) is 4.88. The number of carbonyl (C=O) groups is 2. The van der Waals surface area contributed by atoms with Gasteiger partial charge in [0.15, 0.2) is 5.96 Å². The van der Waals surface area contributed by atoms with Crippen LogP contribution in [0.25, 0.3) is 0 Å². The second-order valence-corrected chi connectivity index (χ2v) is 8.44. The van der Waals surface area contributed by atoms with E-state index >= 15 is 0 Å². The van der Waals surface area contributed by atoms with Gasteiger partial charge in [0.05, 0.1) is 18.4 Å². The van der Waals surface area contributed by atoms with Gasteiger partial charge < -0.3 is 15.4 Å². The third kappa shape index (κ3) is 4.43. The number of hydrogen-bond acceptors (Lipinski definition) is 4. The number of imide groups is 1. The summed E-state index contributed by atoms with van der Waals surface area (Å²) in [6, 6.07) is 5.91. The van der Waals surface area contributed by atoms with Crippen molar-refractivity contribution in [3.8, 4) is 5.75 Å². The smallest absolute Gasteiger partial charge is 0.233 e. The standard InChI is InChI=1S/C23H29FN4O3/c1-14(31-18-8-6-17(24)7-9-18)13-27-23(25-2)26-10-3-11-28-21(29)19-15-4-5-16(12-15)20(19)22(28)30/h4-9,14-16,19-20H,3,10-13H2,1-2H3,(H2,25,26,27). The Kier molecular flexibility index (Phi) is 6.25. The maximum absolute atomic E-state index is 13.0. The molecule has 0 spiro atoms. The quantitative estimate of drug-likeness (QED) is 0.217. The Balaban J connectivity index is 1.17. The second-order valence-electron chi connectivity index (χ2n) is 8.44. The second kappa shape index (κ2) is 9.08. The molecule has 2 amide bonds. The summed E-state index contributed by atoms with van der Waals surface area (Å²) in [5.74, 6) is 1.16. The highest BCUT2D eigenvalue weighted by Gasteiger charge is 2.58. The molecule has 7 nitrogen and oxygen atoms in total. The van der Waals surface area contributed by atoms with Gasteiger partial charge in [-0.1, -0.05) is 12.2 Å². The molecule has 1 saturated heterocycles. The third-order valence-corrected chi connectivity index (χ3v) is 6.34. The van der Waals surface area contributed by atoms with Crippen LogP contribution in [0.4, 0.5) is 4.39 Å². The Morgan fingerprint density at radius 3 is 2.42 bits per heavy atom. The number of benzene rings is 1. The summed E-state index contributed by atoms with van der Waals surface area (Å²) >= 11 is 0. The Bertz CT molecular complexity index is 855. The Labute approximate surface area is 181 Å². The molecule has 1 saturated carbocycles. The van der Waals surface area contributed by atoms with E-state index in [4.69, 9.17) is 4.74 Å². The van der Waals surface area contributed by atoms with Crippen LogP contribution >= 0.6 is 0 Å². The number of nitrogens with zero attached hydrogens (tertiary/aromatic N) is 2. The van der Waals surface area contributed by atoms with Crippen molar-refractivity contribution in [2.24, 2.45) is 28.7 Å². The van der Waals surface area contributed by atoms with Gasteiger partial charge in [-0.25, -0.2) is 4.39 Å². The number of hydrogen-bond donors (Lipinski definition) is 2. The molecule has 166 valence electrons. The molecule has 3 aliphatic rings. The Morgan fingerprint density at radius 2 is 1.81 bits per heavy atom. The number of likely N-dealkylation sites (tertiary alicyclic amines) is 1. The van der Waals surface area contributed by atoms with Crippen LogP contribution in [0.2, 0.25) is 0 Å². The van der Waals surface area contributed by atoms with E-state index < -0.39 is 0 Å². The van der Waals surface area contributed by atoms with Crippen molar-refractivity contribution < 1.29 is 18.7 Å². The first-order chi connectivity index (χ1) is 15.0. The van der Waals surface area contributed by atoms with E-state index in [9.17, 15) is 14.0 Å². The molecule has 5 unspecified atom stereocenters. The van der Waals surface area contributed by atoms with Crippen molar-refractivity contribution in [2.75, 3.05) is 26.7 Å². The minimum atomic E-state index is -0.299. The van der Waals surface area contributed by atoms with E-state index in [0.29, 0.717) is 37.8 Å². The number of rotatable bonds is 8. The van der Waals surface area contributed by atoms with Crippen molar-refractivity contribution in [1.82, 2.24) is 15.5 Å². The highest BCUT2D eigenvalue weighted by molar-refractivity contribution is 6.06. The van der Waals surface area contributed by atoms with Crippen molar-refractivity contribution in [3.05, 3.63) is 42.2 Å². The first kappa shape index (κ1) is 21.3. The number of carbonyl (C=O) groups excluding carboxylic acids is 2. The number of ether oxygens (including phenoxy) is 1. The van der Waals surface area contributed by atoms with Crippen LogP contribution in [0.3, 0.4) is 0 Å². The molecule has 1 heterocycles. The predicted molar refractivity (Wildman–Crippen MR) is 115 cm³/mol. The van der Waals surface area contributed by atoms with Gasteiger partial charge in [0.1, 0.15) is 17.7 Å². The Morgan fingerprint density at radius 1 is 1.16 bits per heavy atom. The molecule has 31 heavy (non-hydrogen) atoms. The highest BCUT2D eigenvalue weighted by atomic mass is 19.1. The van der Waals surface area contributed by atoms with E-state index in [1.54, 1.807) is 19.2 Å². The normalized spacial score (nSPS) is 27.6. The molecule has 2 N–H and O–H groups in total. The van der Waals surface area contributed by atoms with Crippen LogP contribution in [0.1, 0.15) is 19.8 Å². The van der Waals surface area contributed by atoms with E-state index in [1.165, 1.54) is 17.0 Å². The number of allylic oxidation sites excluding steroid dienone is 2. The molecule has 0 aromatic heterocycles. The molecule has 5 atom stereocenters. The molecule has 8 heteroatoms. The number of aliphatic imine (C=N–C) groups is 1. The van der Waals surface area contributed by atoms with Crippen LogP contribution < -0.4 is 15.4 Å². The van der Waals surface area contributed by atoms with Gasteiger partial charge in [0.25, 0.3) is 0 Å². The van der Waals surface area contributed by atoms with Crippen LogP contribution in [0.15, 0.2) is 41.4 Å². The monoisotopic (exact) mass is 428 g/mol. The van der Waals surface area contributed by atoms with E-state index in [2.05, 4.69) is 27.8 Å². The summed E-state index contributed by atoms with van der Waals surface area (Å²) in [5.41, 5.74) is 0. The first-order valence-corrected chi connectivity index (χ1v) is 10.9. The average Bonchev–Trinajstić information content (AvgIpc) is 3.44. The van der Waals surface area contributed by atoms with Crippen molar-refractivity contribution in [2.45, 2.75) is 25.9 Å². The third-order valence-electron chi connectivity index (χ3n) is 6.34. The van der Waals surface area contributed by atoms with Crippen LogP contribution in [-0.4, -0.2) is 55.5 Å². The molecule has 1 aromatic rings. The maximum atomic E-state index is 13.0. The Hall–Kier alpha value is -2.90. The van der Waals surface area contributed by atoms with E-state index in [1.807, 2.05) is 6.92 Å². The number of nitrogens with one attached hydrogen (secondary N) is 2. The molecule has 1 aliphatic heterocycles. The van der Waals surface area contributed by atoms with Crippen LogP contribution in [0, 0.1) is 29.5 Å². The summed E-state index contributed by atoms with van der Waals surface area (Å²) in [6.07, 6.45) is 5.68. The van der Waals surface area contributed by atoms with Gasteiger partial charge in [0.2, 0.25) is 11.8 Å². The van der Waals surface area contributed by atoms with Crippen molar-refractivity contribution in [3.63, 3.8) is 0 Å². The zero-order chi connectivity index (χ0) is 22.0. The van der Waals surface area contributed by atoms with Crippen LogP contribution in [-0.2, 0) is 9.59 Å². The molecule has 2 aliphatic carbocycles. The van der Waals surface area contributed by atoms with Gasteiger partial charge >= 0.3 is 0 Å². The lowest BCUT2D eigenvalue weighted by Gasteiger charge is -2.19. The lowest BCUT2D eigenvalue weighted by atomic mass is 9.85. The number of guanidine groups is 1. The predicted octanol–water partition coefficient (Wildman–Crippen LogP) is 1.96. The van der Waals surface area contributed by atoms with E-state index in [-0.39, 0.29) is 47.4 Å². The molecular weight excluding hydrogens is 399 g/mol. The van der Waals surface area contributed by atoms with Gasteiger partial charge in [-0.3, -0.25) is 19.5 Å². The number of amides is 2. The molecular formula is C23H29FN4O3. The van der Waals surface area contributed by atoms with Gasteiger partial charge in [0, 0.05) is 20.1 Å². The summed E-state index contributed by atoms with van der Waals surface area (Å²) in [5, 5.41) is 6.39. The van der Waals surface area contributed by atoms with Gasteiger partial charge in [-0.15, -0.1) is 0 Å². The molecule has 4 rings (SSSR count). The first-order valence-electron chi connectivity index (χ1n) is 10.9. The molecule has 2 fully saturated rings. The average molecular weight is 429 g/mol. The lowest BCUT2D eigenvalue weighted by molar-refractivity contribution is -0.140. The highest BCUT2D eigenvalue weighted by Crippen LogP contribution is 2.52. The minimum Gasteiger partial charge on any atom is -0.489 e. The zero-order valence-electron chi connectivity index (χ0n) is 17.9. The largest absolute Gasteiger partial charge is 0.489 e. The number of fused-ring (bicyclic) bond motifs is 5. The van der Waals surface area contributed by atoms with Gasteiger partial charge in [-0.2, -0.15) is 0 Å². The molecule has 1 aromatic carbocycles. The number of halogens is 1. The maximum Gasteiger partial charge on any atom is 0.233 e.